The maximum Gasteiger partial charge on any atom is 0.225 e. The summed E-state index contributed by atoms with van der Waals surface area (Å²) in [4.78, 5) is 11.5. The first-order valence-corrected chi connectivity index (χ1v) is 9.30. The Morgan fingerprint density at radius 2 is 1.79 bits per heavy atom. The average Bonchev–Trinajstić information content (AvgIpc) is 2.68. The van der Waals surface area contributed by atoms with Gasteiger partial charge in [-0.15, -0.1) is 0 Å². The van der Waals surface area contributed by atoms with Gasteiger partial charge in [0, 0.05) is 24.7 Å². The van der Waals surface area contributed by atoms with Gasteiger partial charge in [0.15, 0.2) is 0 Å². The molecule has 0 unspecified atom stereocenters. The molecule has 0 saturated carbocycles. The van der Waals surface area contributed by atoms with Crippen LogP contribution >= 0.6 is 0 Å². The molecule has 6 heteroatoms. The fourth-order valence-corrected chi connectivity index (χ4v) is 2.80. The zero-order valence-corrected chi connectivity index (χ0v) is 16.9. The fourth-order valence-electron chi connectivity index (χ4n) is 2.80. The lowest BCUT2D eigenvalue weighted by Crippen LogP contribution is -2.21. The Morgan fingerprint density at radius 1 is 1.00 bits per heavy atom. The number of ether oxygens (including phenoxy) is 1. The Hall–Kier alpha value is -3.12. The van der Waals surface area contributed by atoms with Gasteiger partial charge in [-0.05, 0) is 38.7 Å². The van der Waals surface area contributed by atoms with Crippen molar-refractivity contribution in [2.24, 2.45) is 0 Å². The molecular formula is C22H27N5O. The smallest absolute Gasteiger partial charge is 0.225 e. The third-order valence-electron chi connectivity index (χ3n) is 4.26. The molecule has 3 rings (SSSR count). The number of likely N-dealkylation sites (N-methyl/N-ethyl adjacent to an activating group) is 1. The SMILES string of the molecule is COc1ccc(C)cc1Nc1cc(-c2ccccc2)nc(NCCN(C)C)n1. The van der Waals surface area contributed by atoms with Crippen LogP contribution in [0.2, 0.25) is 0 Å². The van der Waals surface area contributed by atoms with E-state index in [4.69, 9.17) is 9.72 Å². The first-order chi connectivity index (χ1) is 13.5. The summed E-state index contributed by atoms with van der Waals surface area (Å²) in [7, 11) is 5.75. The number of methoxy groups -OCH3 is 1. The predicted molar refractivity (Wildman–Crippen MR) is 116 cm³/mol. The zero-order chi connectivity index (χ0) is 19.9. The van der Waals surface area contributed by atoms with Gasteiger partial charge in [0.2, 0.25) is 5.95 Å². The van der Waals surface area contributed by atoms with Gasteiger partial charge < -0.3 is 20.3 Å². The van der Waals surface area contributed by atoms with E-state index in [0.717, 1.165) is 41.3 Å². The second-order valence-corrected chi connectivity index (χ2v) is 6.89. The molecule has 0 amide bonds. The Kier molecular flexibility index (Phi) is 6.45. The summed E-state index contributed by atoms with van der Waals surface area (Å²) in [6.45, 7) is 3.71. The van der Waals surface area contributed by atoms with E-state index in [1.165, 1.54) is 0 Å². The first kappa shape index (κ1) is 19.6. The molecule has 2 aromatic carbocycles. The lowest BCUT2D eigenvalue weighted by atomic mass is 10.1. The zero-order valence-electron chi connectivity index (χ0n) is 16.9. The minimum atomic E-state index is 0.595. The minimum Gasteiger partial charge on any atom is -0.495 e. The summed E-state index contributed by atoms with van der Waals surface area (Å²) in [5.74, 6) is 2.08. The van der Waals surface area contributed by atoms with Gasteiger partial charge in [-0.3, -0.25) is 0 Å². The van der Waals surface area contributed by atoms with Crippen molar-refractivity contribution in [3.63, 3.8) is 0 Å². The Bertz CT molecular complexity index is 912. The highest BCUT2D eigenvalue weighted by molar-refractivity contribution is 5.70. The molecule has 1 heterocycles. The number of aryl methyl sites for hydroxylation is 1. The standard InChI is InChI=1S/C22H27N5O/c1-16-10-11-20(28-4)19(14-16)24-21-15-18(17-8-6-5-7-9-17)25-22(26-21)23-12-13-27(2)3/h5-11,14-15H,12-13H2,1-4H3,(H2,23,24,25,26). The number of hydrogen-bond acceptors (Lipinski definition) is 6. The van der Waals surface area contributed by atoms with Gasteiger partial charge in [-0.2, -0.15) is 4.98 Å². The average molecular weight is 377 g/mol. The molecule has 0 radical (unpaired) electrons. The number of nitrogens with zero attached hydrogens (tertiary/aromatic N) is 3. The van der Waals surface area contributed by atoms with Crippen molar-refractivity contribution >= 4 is 17.5 Å². The van der Waals surface area contributed by atoms with E-state index >= 15 is 0 Å². The van der Waals surface area contributed by atoms with E-state index in [-0.39, 0.29) is 0 Å². The number of benzene rings is 2. The third-order valence-corrected chi connectivity index (χ3v) is 4.26. The highest BCUT2D eigenvalue weighted by Crippen LogP contribution is 2.29. The van der Waals surface area contributed by atoms with Crippen LogP contribution in [0.15, 0.2) is 54.6 Å². The monoisotopic (exact) mass is 377 g/mol. The quantitative estimate of drug-likeness (QED) is 0.614. The lowest BCUT2D eigenvalue weighted by molar-refractivity contribution is 0.416. The van der Waals surface area contributed by atoms with Crippen LogP contribution in [-0.2, 0) is 0 Å². The van der Waals surface area contributed by atoms with Crippen LogP contribution in [0.25, 0.3) is 11.3 Å². The molecule has 2 N–H and O–H groups in total. The second-order valence-electron chi connectivity index (χ2n) is 6.89. The number of aromatic nitrogens is 2. The molecule has 0 spiro atoms. The van der Waals surface area contributed by atoms with E-state index in [9.17, 15) is 0 Å². The first-order valence-electron chi connectivity index (χ1n) is 9.30. The van der Waals surface area contributed by atoms with Crippen molar-refractivity contribution < 1.29 is 4.74 Å². The van der Waals surface area contributed by atoms with Crippen molar-refractivity contribution in [3.8, 4) is 17.0 Å². The van der Waals surface area contributed by atoms with Crippen molar-refractivity contribution in [3.05, 3.63) is 60.2 Å². The van der Waals surface area contributed by atoms with E-state index in [0.29, 0.717) is 11.8 Å². The molecule has 3 aromatic rings. The highest BCUT2D eigenvalue weighted by Gasteiger charge is 2.10. The van der Waals surface area contributed by atoms with Crippen molar-refractivity contribution in [2.45, 2.75) is 6.92 Å². The van der Waals surface area contributed by atoms with Crippen LogP contribution in [0.3, 0.4) is 0 Å². The molecule has 0 saturated heterocycles. The summed E-state index contributed by atoms with van der Waals surface area (Å²) in [5, 5.41) is 6.70. The molecule has 0 aliphatic carbocycles. The lowest BCUT2D eigenvalue weighted by Gasteiger charge is -2.15. The number of rotatable bonds is 8. The van der Waals surface area contributed by atoms with Crippen LogP contribution in [-0.4, -0.2) is 49.2 Å². The number of hydrogen-bond donors (Lipinski definition) is 2. The van der Waals surface area contributed by atoms with Crippen molar-refractivity contribution in [1.82, 2.24) is 14.9 Å². The maximum absolute atomic E-state index is 5.48. The van der Waals surface area contributed by atoms with E-state index in [1.54, 1.807) is 7.11 Å². The Balaban J connectivity index is 1.94. The summed E-state index contributed by atoms with van der Waals surface area (Å²) < 4.78 is 5.48. The van der Waals surface area contributed by atoms with Crippen LogP contribution < -0.4 is 15.4 Å². The van der Waals surface area contributed by atoms with Crippen molar-refractivity contribution in [1.29, 1.82) is 0 Å². The topological polar surface area (TPSA) is 62.3 Å². The van der Waals surface area contributed by atoms with Gasteiger partial charge in [-0.1, -0.05) is 36.4 Å². The maximum atomic E-state index is 5.48. The number of anilines is 3. The summed E-state index contributed by atoms with van der Waals surface area (Å²) in [6.07, 6.45) is 0. The summed E-state index contributed by atoms with van der Waals surface area (Å²) in [6, 6.07) is 18.1. The molecule has 0 fully saturated rings. The number of nitrogens with one attached hydrogen (secondary N) is 2. The van der Waals surface area contributed by atoms with Crippen LogP contribution in [0.4, 0.5) is 17.5 Å². The van der Waals surface area contributed by atoms with Gasteiger partial charge >= 0.3 is 0 Å². The molecule has 0 atom stereocenters. The predicted octanol–water partition coefficient (Wildman–Crippen LogP) is 4.18. The Labute approximate surface area is 166 Å². The van der Waals surface area contributed by atoms with Crippen LogP contribution in [0.5, 0.6) is 5.75 Å². The van der Waals surface area contributed by atoms with Crippen LogP contribution in [0, 0.1) is 6.92 Å². The summed E-state index contributed by atoms with van der Waals surface area (Å²) >= 11 is 0. The molecule has 28 heavy (non-hydrogen) atoms. The van der Waals surface area contributed by atoms with E-state index < -0.39 is 0 Å². The minimum absolute atomic E-state index is 0.595. The molecule has 0 aliphatic heterocycles. The van der Waals surface area contributed by atoms with Gasteiger partial charge in [-0.25, -0.2) is 4.98 Å². The highest BCUT2D eigenvalue weighted by atomic mass is 16.5. The third kappa shape index (κ3) is 5.20. The Morgan fingerprint density at radius 3 is 2.50 bits per heavy atom. The largest absolute Gasteiger partial charge is 0.495 e. The molecule has 0 aliphatic rings. The molecular weight excluding hydrogens is 350 g/mol. The molecule has 6 nitrogen and oxygen atoms in total. The molecule has 146 valence electrons. The second kappa shape index (κ2) is 9.19. The van der Waals surface area contributed by atoms with E-state index in [1.807, 2.05) is 75.6 Å². The van der Waals surface area contributed by atoms with Gasteiger partial charge in [0.1, 0.15) is 11.6 Å². The van der Waals surface area contributed by atoms with Gasteiger partial charge in [0.25, 0.3) is 0 Å². The van der Waals surface area contributed by atoms with Crippen LogP contribution in [0.1, 0.15) is 5.56 Å². The van der Waals surface area contributed by atoms with Crippen molar-refractivity contribution in [2.75, 3.05) is 44.9 Å². The molecule has 0 bridgehead atoms. The fraction of sp³-hybridized carbons (Fsp3) is 0.273. The van der Waals surface area contributed by atoms with Gasteiger partial charge in [0.05, 0.1) is 18.5 Å². The van der Waals surface area contributed by atoms with E-state index in [2.05, 4.69) is 20.5 Å². The summed E-state index contributed by atoms with van der Waals surface area (Å²) in [5.41, 5.74) is 3.92. The normalized spacial score (nSPS) is 10.8. The molecule has 1 aromatic heterocycles.